The first-order chi connectivity index (χ1) is 15.4. The van der Waals surface area contributed by atoms with Crippen molar-refractivity contribution >= 4 is 12.0 Å². The summed E-state index contributed by atoms with van der Waals surface area (Å²) < 4.78 is 2.16. The highest BCUT2D eigenvalue weighted by Gasteiger charge is 2.16. The summed E-state index contributed by atoms with van der Waals surface area (Å²) in [6, 6.07) is 22.3. The van der Waals surface area contributed by atoms with Crippen LogP contribution in [0.1, 0.15) is 60.8 Å². The van der Waals surface area contributed by atoms with Gasteiger partial charge in [-0.05, 0) is 74.6 Å². The second-order valence-electron chi connectivity index (χ2n) is 8.21. The number of rotatable bonds is 8. The molecule has 4 heteroatoms. The van der Waals surface area contributed by atoms with E-state index in [9.17, 15) is 10.1 Å². The van der Waals surface area contributed by atoms with Crippen molar-refractivity contribution in [2.24, 2.45) is 0 Å². The Morgan fingerprint density at radius 1 is 1.12 bits per heavy atom. The van der Waals surface area contributed by atoms with Crippen LogP contribution in [0.15, 0.2) is 66.2 Å². The van der Waals surface area contributed by atoms with E-state index in [-0.39, 0.29) is 17.5 Å². The molecule has 0 radical (unpaired) electrons. The summed E-state index contributed by atoms with van der Waals surface area (Å²) in [5, 5.41) is 12.6. The van der Waals surface area contributed by atoms with Crippen LogP contribution in [0.5, 0.6) is 0 Å². The first-order valence-corrected chi connectivity index (χ1v) is 11.2. The lowest BCUT2D eigenvalue weighted by molar-refractivity contribution is -0.117. The molecule has 3 aromatic rings. The van der Waals surface area contributed by atoms with Gasteiger partial charge < -0.3 is 9.88 Å². The van der Waals surface area contributed by atoms with Gasteiger partial charge in [0.25, 0.3) is 5.91 Å². The van der Waals surface area contributed by atoms with Gasteiger partial charge in [0.15, 0.2) is 0 Å². The third-order valence-corrected chi connectivity index (χ3v) is 5.80. The lowest BCUT2D eigenvalue weighted by Crippen LogP contribution is -2.27. The van der Waals surface area contributed by atoms with Crippen molar-refractivity contribution in [3.63, 3.8) is 0 Å². The zero-order chi connectivity index (χ0) is 23.1. The standard InChI is InChI=1S/C28H31N3O/c1-5-6-10-23-13-15-27(16-14-23)31-20(2)17-25(22(31)4)18-26(19-29)28(32)30-21(3)24-11-8-7-9-12-24/h7-9,11-18,21H,5-6,10H2,1-4H3,(H,30,32)/b26-18-/t21-/m1/s1. The Labute approximate surface area is 191 Å². The highest BCUT2D eigenvalue weighted by atomic mass is 16.1. The number of hydrogen-bond acceptors (Lipinski definition) is 2. The average Bonchev–Trinajstić information content (AvgIpc) is 3.09. The van der Waals surface area contributed by atoms with Gasteiger partial charge in [-0.3, -0.25) is 4.79 Å². The number of unbranched alkanes of at least 4 members (excludes halogenated alkanes) is 1. The van der Waals surface area contributed by atoms with Gasteiger partial charge in [0.1, 0.15) is 11.6 Å². The van der Waals surface area contributed by atoms with Crippen LogP contribution in [0.3, 0.4) is 0 Å². The zero-order valence-corrected chi connectivity index (χ0v) is 19.4. The maximum atomic E-state index is 12.8. The summed E-state index contributed by atoms with van der Waals surface area (Å²) in [6.45, 7) is 8.18. The minimum atomic E-state index is -0.367. The van der Waals surface area contributed by atoms with E-state index in [0.717, 1.165) is 34.6 Å². The molecule has 0 saturated carbocycles. The first kappa shape index (κ1) is 23.1. The van der Waals surface area contributed by atoms with Gasteiger partial charge >= 0.3 is 0 Å². The number of nitrogens with one attached hydrogen (secondary N) is 1. The number of aromatic nitrogens is 1. The maximum Gasteiger partial charge on any atom is 0.262 e. The highest BCUT2D eigenvalue weighted by Crippen LogP contribution is 2.24. The van der Waals surface area contributed by atoms with Gasteiger partial charge in [-0.15, -0.1) is 0 Å². The van der Waals surface area contributed by atoms with E-state index >= 15 is 0 Å². The Morgan fingerprint density at radius 3 is 2.44 bits per heavy atom. The third-order valence-electron chi connectivity index (χ3n) is 5.80. The third kappa shape index (κ3) is 5.36. The molecule has 3 rings (SSSR count). The number of nitrogens with zero attached hydrogens (tertiary/aromatic N) is 2. The van der Waals surface area contributed by atoms with Crippen molar-refractivity contribution in [3.8, 4) is 11.8 Å². The first-order valence-electron chi connectivity index (χ1n) is 11.2. The molecule has 0 aliphatic carbocycles. The fraction of sp³-hybridized carbons (Fsp3) is 0.286. The van der Waals surface area contributed by atoms with Crippen molar-refractivity contribution in [1.82, 2.24) is 9.88 Å². The van der Waals surface area contributed by atoms with Crippen LogP contribution in [-0.2, 0) is 11.2 Å². The van der Waals surface area contributed by atoms with E-state index in [2.05, 4.69) is 47.1 Å². The monoisotopic (exact) mass is 425 g/mol. The minimum Gasteiger partial charge on any atom is -0.345 e. The summed E-state index contributed by atoms with van der Waals surface area (Å²) in [7, 11) is 0. The fourth-order valence-electron chi connectivity index (χ4n) is 3.93. The van der Waals surface area contributed by atoms with Crippen molar-refractivity contribution in [2.75, 3.05) is 0 Å². The smallest absolute Gasteiger partial charge is 0.262 e. The SMILES string of the molecule is CCCCc1ccc(-n2c(C)cc(/C=C(/C#N)C(=O)N[C@H](C)c3ccccc3)c2C)cc1. The second kappa shape index (κ2) is 10.6. The van der Waals surface area contributed by atoms with Crippen molar-refractivity contribution in [2.45, 2.75) is 53.0 Å². The molecule has 32 heavy (non-hydrogen) atoms. The van der Waals surface area contributed by atoms with Gasteiger partial charge in [0.2, 0.25) is 0 Å². The Kier molecular flexibility index (Phi) is 7.68. The summed E-state index contributed by atoms with van der Waals surface area (Å²) in [5.41, 5.74) is 6.46. The Balaban J connectivity index is 1.83. The molecule has 0 saturated heterocycles. The summed E-state index contributed by atoms with van der Waals surface area (Å²) >= 11 is 0. The van der Waals surface area contributed by atoms with Crippen LogP contribution < -0.4 is 5.32 Å². The number of benzene rings is 2. The number of aryl methyl sites for hydroxylation is 2. The predicted octanol–water partition coefficient (Wildman–Crippen LogP) is 6.22. The quantitative estimate of drug-likeness (QED) is 0.344. The van der Waals surface area contributed by atoms with E-state index < -0.39 is 0 Å². The lowest BCUT2D eigenvalue weighted by atomic mass is 10.1. The normalized spacial score (nSPS) is 12.3. The molecule has 1 amide bonds. The summed E-state index contributed by atoms with van der Waals surface area (Å²) in [4.78, 5) is 12.8. The van der Waals surface area contributed by atoms with Gasteiger partial charge in [-0.25, -0.2) is 0 Å². The van der Waals surface area contributed by atoms with E-state index in [1.165, 1.54) is 18.4 Å². The number of carbonyl (C=O) groups excluding carboxylic acids is 1. The molecular weight excluding hydrogens is 394 g/mol. The molecule has 1 heterocycles. The average molecular weight is 426 g/mol. The molecule has 1 aromatic heterocycles. The number of nitriles is 1. The van der Waals surface area contributed by atoms with E-state index in [4.69, 9.17) is 0 Å². The van der Waals surface area contributed by atoms with E-state index in [0.29, 0.717) is 0 Å². The maximum absolute atomic E-state index is 12.8. The largest absolute Gasteiger partial charge is 0.345 e. The number of carbonyl (C=O) groups is 1. The molecule has 0 unspecified atom stereocenters. The van der Waals surface area contributed by atoms with Gasteiger partial charge in [0, 0.05) is 17.1 Å². The Hall–Kier alpha value is -3.58. The lowest BCUT2D eigenvalue weighted by Gasteiger charge is -2.14. The Morgan fingerprint density at radius 2 is 1.81 bits per heavy atom. The predicted molar refractivity (Wildman–Crippen MR) is 130 cm³/mol. The molecule has 0 spiro atoms. The fourth-order valence-corrected chi connectivity index (χ4v) is 3.93. The van der Waals surface area contributed by atoms with Crippen LogP contribution in [0, 0.1) is 25.2 Å². The van der Waals surface area contributed by atoms with Gasteiger partial charge in [-0.2, -0.15) is 5.26 Å². The molecule has 0 aliphatic heterocycles. The molecule has 1 N–H and O–H groups in total. The highest BCUT2D eigenvalue weighted by molar-refractivity contribution is 6.02. The van der Waals surface area contributed by atoms with Crippen LogP contribution in [0.25, 0.3) is 11.8 Å². The number of amides is 1. The van der Waals surface area contributed by atoms with Crippen LogP contribution >= 0.6 is 0 Å². The van der Waals surface area contributed by atoms with Crippen LogP contribution in [0.4, 0.5) is 0 Å². The topological polar surface area (TPSA) is 57.8 Å². The minimum absolute atomic E-state index is 0.0999. The Bertz CT molecular complexity index is 1130. The molecule has 1 atom stereocenters. The molecule has 4 nitrogen and oxygen atoms in total. The van der Waals surface area contributed by atoms with Gasteiger partial charge in [0.05, 0.1) is 6.04 Å². The molecule has 0 aliphatic rings. The summed E-state index contributed by atoms with van der Waals surface area (Å²) in [6.07, 6.45) is 5.15. The van der Waals surface area contributed by atoms with Gasteiger partial charge in [-0.1, -0.05) is 55.8 Å². The molecule has 0 bridgehead atoms. The second-order valence-corrected chi connectivity index (χ2v) is 8.21. The van der Waals surface area contributed by atoms with Crippen LogP contribution in [-0.4, -0.2) is 10.5 Å². The molecular formula is C28H31N3O. The molecule has 164 valence electrons. The van der Waals surface area contributed by atoms with Crippen molar-refractivity contribution in [3.05, 3.63) is 94.3 Å². The molecule has 0 fully saturated rings. The van der Waals surface area contributed by atoms with Crippen molar-refractivity contribution in [1.29, 1.82) is 5.26 Å². The molecule has 2 aromatic carbocycles. The number of hydrogen-bond donors (Lipinski definition) is 1. The van der Waals surface area contributed by atoms with Crippen molar-refractivity contribution < 1.29 is 4.79 Å². The van der Waals surface area contributed by atoms with E-state index in [1.54, 1.807) is 6.08 Å². The van der Waals surface area contributed by atoms with Crippen LogP contribution in [0.2, 0.25) is 0 Å². The van der Waals surface area contributed by atoms with E-state index in [1.807, 2.05) is 57.2 Å². The zero-order valence-electron chi connectivity index (χ0n) is 19.4. The summed E-state index contributed by atoms with van der Waals surface area (Å²) in [5.74, 6) is -0.367.